The number of aliphatic hydroxyl groups excluding tert-OH is 1. The molecule has 1 atom stereocenters. The lowest BCUT2D eigenvalue weighted by molar-refractivity contribution is 0.184. The average molecular weight is 210 g/mol. The zero-order valence-electron chi connectivity index (χ0n) is 9.23. The molecule has 0 spiro atoms. The third-order valence-corrected chi connectivity index (χ3v) is 2.21. The maximum absolute atomic E-state index is 9.83. The van der Waals surface area contributed by atoms with Crippen LogP contribution in [0, 0.1) is 0 Å². The molecule has 0 bridgehead atoms. The summed E-state index contributed by atoms with van der Waals surface area (Å²) < 4.78 is 5.27. The van der Waals surface area contributed by atoms with Gasteiger partial charge in [0.05, 0.1) is 12.7 Å². The minimum absolute atomic E-state index is 0.194. The largest absolute Gasteiger partial charge is 0.504 e. The summed E-state index contributed by atoms with van der Waals surface area (Å²) in [6, 6.07) is 5.44. The van der Waals surface area contributed by atoms with Crippen molar-refractivity contribution in [2.45, 2.75) is 32.8 Å². The normalized spacial score (nSPS) is 12.5. The van der Waals surface area contributed by atoms with Crippen molar-refractivity contribution >= 4 is 0 Å². The Hall–Kier alpha value is -1.22. The molecule has 0 radical (unpaired) electrons. The third-order valence-electron chi connectivity index (χ3n) is 2.21. The summed E-state index contributed by atoms with van der Waals surface area (Å²) in [6.45, 7) is 4.15. The zero-order valence-corrected chi connectivity index (χ0v) is 9.23. The Morgan fingerprint density at radius 1 is 1.40 bits per heavy atom. The molecule has 0 unspecified atom stereocenters. The SMILES string of the molecule is CCOc1cccc(CC[C@@H](C)O)c1O. The molecule has 0 heterocycles. The van der Waals surface area contributed by atoms with Gasteiger partial charge in [0.1, 0.15) is 0 Å². The van der Waals surface area contributed by atoms with Crippen molar-refractivity contribution in [1.82, 2.24) is 0 Å². The first kappa shape index (κ1) is 11.9. The molecule has 0 aliphatic rings. The summed E-state index contributed by atoms with van der Waals surface area (Å²) in [4.78, 5) is 0. The monoisotopic (exact) mass is 210 g/mol. The zero-order chi connectivity index (χ0) is 11.3. The van der Waals surface area contributed by atoms with Gasteiger partial charge in [-0.25, -0.2) is 0 Å². The fourth-order valence-electron chi connectivity index (χ4n) is 1.41. The number of phenolic OH excluding ortho intramolecular Hbond substituents is 1. The standard InChI is InChI=1S/C12H18O3/c1-3-15-11-6-4-5-10(12(11)14)8-7-9(2)13/h4-6,9,13-14H,3,7-8H2,1-2H3/t9-/m1/s1. The van der Waals surface area contributed by atoms with Crippen LogP contribution in [0.2, 0.25) is 0 Å². The first-order valence-electron chi connectivity index (χ1n) is 5.26. The lowest BCUT2D eigenvalue weighted by Crippen LogP contribution is -2.02. The van der Waals surface area contributed by atoms with Crippen molar-refractivity contribution in [2.75, 3.05) is 6.61 Å². The first-order valence-corrected chi connectivity index (χ1v) is 5.26. The summed E-state index contributed by atoms with van der Waals surface area (Å²) >= 11 is 0. The number of rotatable bonds is 5. The van der Waals surface area contributed by atoms with E-state index in [0.717, 1.165) is 5.56 Å². The lowest BCUT2D eigenvalue weighted by Gasteiger charge is -2.10. The van der Waals surface area contributed by atoms with Crippen LogP contribution in [-0.4, -0.2) is 22.9 Å². The predicted molar refractivity (Wildman–Crippen MR) is 59.3 cm³/mol. The van der Waals surface area contributed by atoms with Crippen molar-refractivity contribution in [1.29, 1.82) is 0 Å². The molecule has 1 aromatic rings. The molecule has 0 amide bonds. The Labute approximate surface area is 90.3 Å². The predicted octanol–water partition coefficient (Wildman–Crippen LogP) is 2.10. The van der Waals surface area contributed by atoms with Crippen molar-refractivity contribution < 1.29 is 14.9 Å². The molecule has 84 valence electrons. The van der Waals surface area contributed by atoms with Gasteiger partial charge in [0.2, 0.25) is 0 Å². The van der Waals surface area contributed by atoms with Gasteiger partial charge in [-0.15, -0.1) is 0 Å². The van der Waals surface area contributed by atoms with E-state index < -0.39 is 0 Å². The second-order valence-corrected chi connectivity index (χ2v) is 3.58. The molecule has 0 saturated carbocycles. The van der Waals surface area contributed by atoms with Crippen molar-refractivity contribution in [2.24, 2.45) is 0 Å². The maximum atomic E-state index is 9.83. The number of aromatic hydroxyl groups is 1. The molecular weight excluding hydrogens is 192 g/mol. The Balaban J connectivity index is 2.75. The van der Waals surface area contributed by atoms with Gasteiger partial charge in [0.25, 0.3) is 0 Å². The van der Waals surface area contributed by atoms with E-state index in [9.17, 15) is 5.11 Å². The molecule has 0 aliphatic carbocycles. The number of benzene rings is 1. The van der Waals surface area contributed by atoms with E-state index in [1.807, 2.05) is 19.1 Å². The minimum Gasteiger partial charge on any atom is -0.504 e. The molecule has 2 N–H and O–H groups in total. The smallest absolute Gasteiger partial charge is 0.161 e. The molecular formula is C12H18O3. The van der Waals surface area contributed by atoms with Crippen molar-refractivity contribution in [3.05, 3.63) is 23.8 Å². The summed E-state index contributed by atoms with van der Waals surface area (Å²) in [5, 5.41) is 19.0. The highest BCUT2D eigenvalue weighted by molar-refractivity contribution is 5.45. The summed E-state index contributed by atoms with van der Waals surface area (Å²) in [7, 11) is 0. The van der Waals surface area contributed by atoms with E-state index in [-0.39, 0.29) is 11.9 Å². The number of ether oxygens (including phenoxy) is 1. The number of hydrogen-bond donors (Lipinski definition) is 2. The lowest BCUT2D eigenvalue weighted by atomic mass is 10.1. The highest BCUT2D eigenvalue weighted by Crippen LogP contribution is 2.30. The second-order valence-electron chi connectivity index (χ2n) is 3.58. The third kappa shape index (κ3) is 3.44. The van der Waals surface area contributed by atoms with E-state index in [1.165, 1.54) is 0 Å². The van der Waals surface area contributed by atoms with Crippen LogP contribution in [0.5, 0.6) is 11.5 Å². The van der Waals surface area contributed by atoms with Crippen LogP contribution in [-0.2, 0) is 6.42 Å². The van der Waals surface area contributed by atoms with Gasteiger partial charge in [0.15, 0.2) is 11.5 Å². The Bertz CT molecular complexity index is 308. The number of para-hydroxylation sites is 1. The van der Waals surface area contributed by atoms with E-state index in [4.69, 9.17) is 9.84 Å². The van der Waals surface area contributed by atoms with Gasteiger partial charge >= 0.3 is 0 Å². The molecule has 0 aromatic heterocycles. The van der Waals surface area contributed by atoms with Gasteiger partial charge in [-0.05, 0) is 38.3 Å². The Morgan fingerprint density at radius 2 is 2.13 bits per heavy atom. The van der Waals surface area contributed by atoms with Crippen LogP contribution < -0.4 is 4.74 Å². The number of hydrogen-bond acceptors (Lipinski definition) is 3. The van der Waals surface area contributed by atoms with Crippen LogP contribution in [0.25, 0.3) is 0 Å². The van der Waals surface area contributed by atoms with Crippen LogP contribution in [0.15, 0.2) is 18.2 Å². The molecule has 0 aliphatic heterocycles. The molecule has 0 fully saturated rings. The molecule has 3 nitrogen and oxygen atoms in total. The number of aliphatic hydroxyl groups is 1. The Morgan fingerprint density at radius 3 is 2.73 bits per heavy atom. The van der Waals surface area contributed by atoms with Crippen LogP contribution >= 0.6 is 0 Å². The number of phenols is 1. The van der Waals surface area contributed by atoms with E-state index in [0.29, 0.717) is 25.2 Å². The van der Waals surface area contributed by atoms with Crippen LogP contribution in [0.4, 0.5) is 0 Å². The maximum Gasteiger partial charge on any atom is 0.161 e. The van der Waals surface area contributed by atoms with Crippen molar-refractivity contribution in [3.8, 4) is 11.5 Å². The molecule has 1 aromatic carbocycles. The van der Waals surface area contributed by atoms with Gasteiger partial charge in [-0.1, -0.05) is 12.1 Å². The van der Waals surface area contributed by atoms with Crippen LogP contribution in [0.3, 0.4) is 0 Å². The topological polar surface area (TPSA) is 49.7 Å². The minimum atomic E-state index is -0.347. The van der Waals surface area contributed by atoms with Crippen molar-refractivity contribution in [3.63, 3.8) is 0 Å². The van der Waals surface area contributed by atoms with Gasteiger partial charge in [-0.3, -0.25) is 0 Å². The summed E-state index contributed by atoms with van der Waals surface area (Å²) in [5.74, 6) is 0.709. The first-order chi connectivity index (χ1) is 7.15. The van der Waals surface area contributed by atoms with E-state index >= 15 is 0 Å². The molecule has 1 rings (SSSR count). The fraction of sp³-hybridized carbons (Fsp3) is 0.500. The van der Waals surface area contributed by atoms with Gasteiger partial charge in [0, 0.05) is 0 Å². The molecule has 0 saturated heterocycles. The summed E-state index contributed by atoms with van der Waals surface area (Å²) in [6.07, 6.45) is 0.952. The van der Waals surface area contributed by atoms with Crippen LogP contribution in [0.1, 0.15) is 25.8 Å². The second kappa shape index (κ2) is 5.61. The molecule has 3 heteroatoms. The number of aryl methyl sites for hydroxylation is 1. The average Bonchev–Trinajstić information content (AvgIpc) is 2.19. The highest BCUT2D eigenvalue weighted by atomic mass is 16.5. The fourth-order valence-corrected chi connectivity index (χ4v) is 1.41. The van der Waals surface area contributed by atoms with Gasteiger partial charge in [-0.2, -0.15) is 0 Å². The summed E-state index contributed by atoms with van der Waals surface area (Å²) in [5.41, 5.74) is 0.821. The highest BCUT2D eigenvalue weighted by Gasteiger charge is 2.08. The quantitative estimate of drug-likeness (QED) is 0.782. The molecule has 15 heavy (non-hydrogen) atoms. The van der Waals surface area contributed by atoms with E-state index in [2.05, 4.69) is 0 Å². The Kier molecular flexibility index (Phi) is 4.43. The van der Waals surface area contributed by atoms with Gasteiger partial charge < -0.3 is 14.9 Å². The van der Waals surface area contributed by atoms with E-state index in [1.54, 1.807) is 13.0 Å².